The first kappa shape index (κ1) is 24.9. The number of halogens is 2. The fourth-order valence-electron chi connectivity index (χ4n) is 4.39. The molecule has 0 atom stereocenters. The van der Waals surface area contributed by atoms with Gasteiger partial charge < -0.3 is 19.7 Å². The van der Waals surface area contributed by atoms with E-state index in [0.717, 1.165) is 16.5 Å². The summed E-state index contributed by atoms with van der Waals surface area (Å²) in [4.78, 5) is 19.0. The van der Waals surface area contributed by atoms with Crippen molar-refractivity contribution in [2.24, 2.45) is 0 Å². The van der Waals surface area contributed by atoms with Gasteiger partial charge in [-0.05, 0) is 51.5 Å². The van der Waals surface area contributed by atoms with Crippen LogP contribution in [0, 0.1) is 6.92 Å². The molecule has 4 aromatic rings. The Labute approximate surface area is 212 Å². The van der Waals surface area contributed by atoms with Crippen LogP contribution in [-0.4, -0.2) is 50.4 Å². The minimum absolute atomic E-state index is 0.0789. The normalized spacial score (nSPS) is 15.5. The van der Waals surface area contributed by atoms with E-state index in [1.54, 1.807) is 35.6 Å². The highest BCUT2D eigenvalue weighted by Gasteiger charge is 2.39. The van der Waals surface area contributed by atoms with Crippen molar-refractivity contribution < 1.29 is 23.1 Å². The number of aliphatic hydroxyl groups is 1. The van der Waals surface area contributed by atoms with Crippen LogP contribution in [0.2, 0.25) is 0 Å². The molecule has 0 saturated carbocycles. The van der Waals surface area contributed by atoms with Crippen LogP contribution in [-0.2, 0) is 6.54 Å². The lowest BCUT2D eigenvalue weighted by molar-refractivity contribution is 0.0257. The summed E-state index contributed by atoms with van der Waals surface area (Å²) in [5, 5.41) is 18.2. The van der Waals surface area contributed by atoms with Crippen molar-refractivity contribution in [2.45, 2.75) is 51.7 Å². The maximum absolute atomic E-state index is 14.1. The standard InChI is InChI=1S/C27H29F2N5O3/c1-17-5-4-6-18(11-17)25-31-22(15-37-25)24(35)30-21-12-19-14-34(10-7-26(2,3)36)32-20(19)13-23(21)33-9-8-27(28,29)16-33/h4-6,11-15,36H,7-10,16H2,1-3H3,(H,30,35). The molecule has 1 amide bonds. The number of fused-ring (bicyclic) bond motifs is 1. The van der Waals surface area contributed by atoms with Crippen molar-refractivity contribution in [1.29, 1.82) is 0 Å². The van der Waals surface area contributed by atoms with Crippen LogP contribution in [0.1, 0.15) is 42.7 Å². The second-order valence-corrected chi connectivity index (χ2v) is 10.3. The van der Waals surface area contributed by atoms with E-state index < -0.39 is 24.0 Å². The summed E-state index contributed by atoms with van der Waals surface area (Å²) in [6.45, 7) is 5.60. The number of aryl methyl sites for hydroxylation is 2. The summed E-state index contributed by atoms with van der Waals surface area (Å²) >= 11 is 0. The first-order chi connectivity index (χ1) is 17.5. The monoisotopic (exact) mass is 509 g/mol. The molecule has 5 rings (SSSR count). The number of rotatable bonds is 7. The molecule has 194 valence electrons. The second kappa shape index (κ2) is 9.26. The third-order valence-corrected chi connectivity index (χ3v) is 6.38. The largest absolute Gasteiger partial charge is 0.444 e. The van der Waals surface area contributed by atoms with Crippen molar-refractivity contribution in [3.63, 3.8) is 0 Å². The molecule has 3 heterocycles. The van der Waals surface area contributed by atoms with E-state index in [4.69, 9.17) is 4.42 Å². The van der Waals surface area contributed by atoms with Crippen molar-refractivity contribution in [3.05, 3.63) is 60.1 Å². The fourth-order valence-corrected chi connectivity index (χ4v) is 4.39. The van der Waals surface area contributed by atoms with Crippen LogP contribution < -0.4 is 10.2 Å². The Balaban J connectivity index is 1.45. The number of nitrogens with one attached hydrogen (secondary N) is 1. The fraction of sp³-hybridized carbons (Fsp3) is 0.370. The molecule has 1 fully saturated rings. The van der Waals surface area contributed by atoms with Gasteiger partial charge in [-0.1, -0.05) is 17.7 Å². The predicted molar refractivity (Wildman–Crippen MR) is 137 cm³/mol. The Kier molecular flexibility index (Phi) is 6.23. The molecule has 0 unspecified atom stereocenters. The molecule has 0 radical (unpaired) electrons. The predicted octanol–water partition coefficient (Wildman–Crippen LogP) is 5.26. The lowest BCUT2D eigenvalue weighted by atomic mass is 10.1. The molecule has 0 aliphatic carbocycles. The zero-order valence-corrected chi connectivity index (χ0v) is 21.0. The van der Waals surface area contributed by atoms with Gasteiger partial charge >= 0.3 is 0 Å². The van der Waals surface area contributed by atoms with Gasteiger partial charge in [-0.2, -0.15) is 5.10 Å². The Morgan fingerprint density at radius 2 is 2.08 bits per heavy atom. The number of nitrogens with zero attached hydrogens (tertiary/aromatic N) is 4. The van der Waals surface area contributed by atoms with E-state index >= 15 is 0 Å². The second-order valence-electron chi connectivity index (χ2n) is 10.3. The van der Waals surface area contributed by atoms with Gasteiger partial charge in [-0.15, -0.1) is 0 Å². The number of carbonyl (C=O) groups is 1. The highest BCUT2D eigenvalue weighted by atomic mass is 19.3. The van der Waals surface area contributed by atoms with Crippen molar-refractivity contribution in [1.82, 2.24) is 14.8 Å². The van der Waals surface area contributed by atoms with E-state index in [0.29, 0.717) is 35.7 Å². The summed E-state index contributed by atoms with van der Waals surface area (Å²) < 4.78 is 35.4. The molecule has 0 bridgehead atoms. The van der Waals surface area contributed by atoms with Gasteiger partial charge in [0.2, 0.25) is 5.89 Å². The quantitative estimate of drug-likeness (QED) is 0.353. The zero-order chi connectivity index (χ0) is 26.4. The van der Waals surface area contributed by atoms with E-state index in [2.05, 4.69) is 15.4 Å². The smallest absolute Gasteiger partial charge is 0.277 e. The van der Waals surface area contributed by atoms with Gasteiger partial charge in [0.25, 0.3) is 11.8 Å². The molecule has 2 aromatic heterocycles. The Morgan fingerprint density at radius 1 is 1.27 bits per heavy atom. The molecule has 8 nitrogen and oxygen atoms in total. The number of hydrogen-bond donors (Lipinski definition) is 2. The number of benzene rings is 2. The number of anilines is 2. The summed E-state index contributed by atoms with van der Waals surface area (Å²) in [5.74, 6) is -3.00. The molecule has 2 N–H and O–H groups in total. The Bertz CT molecular complexity index is 1450. The summed E-state index contributed by atoms with van der Waals surface area (Å²) in [5.41, 5.74) is 2.48. The molecule has 37 heavy (non-hydrogen) atoms. The molecule has 1 aliphatic heterocycles. The van der Waals surface area contributed by atoms with Gasteiger partial charge in [0.1, 0.15) is 6.26 Å². The van der Waals surface area contributed by atoms with Crippen LogP contribution in [0.5, 0.6) is 0 Å². The topological polar surface area (TPSA) is 96.4 Å². The van der Waals surface area contributed by atoms with Crippen molar-refractivity contribution in [2.75, 3.05) is 23.3 Å². The first-order valence-corrected chi connectivity index (χ1v) is 12.2. The number of alkyl halides is 2. The average Bonchev–Trinajstić information content (AvgIpc) is 3.54. The summed E-state index contributed by atoms with van der Waals surface area (Å²) in [6, 6.07) is 11.0. The van der Waals surface area contributed by atoms with Gasteiger partial charge in [-0.25, -0.2) is 13.8 Å². The van der Waals surface area contributed by atoms with E-state index in [1.807, 2.05) is 37.4 Å². The molecule has 1 aliphatic rings. The lowest BCUT2D eigenvalue weighted by Crippen LogP contribution is -2.26. The summed E-state index contributed by atoms with van der Waals surface area (Å²) in [7, 11) is 0. The Morgan fingerprint density at radius 3 is 2.78 bits per heavy atom. The van der Waals surface area contributed by atoms with Gasteiger partial charge in [0.15, 0.2) is 5.69 Å². The maximum Gasteiger partial charge on any atom is 0.277 e. The summed E-state index contributed by atoms with van der Waals surface area (Å²) in [6.07, 6.45) is 3.32. The zero-order valence-electron chi connectivity index (χ0n) is 21.0. The number of carbonyl (C=O) groups excluding carboxylic acids is 1. The van der Waals surface area contributed by atoms with E-state index in [1.165, 1.54) is 6.26 Å². The van der Waals surface area contributed by atoms with Crippen LogP contribution in [0.4, 0.5) is 20.2 Å². The van der Waals surface area contributed by atoms with E-state index in [-0.39, 0.29) is 18.7 Å². The van der Waals surface area contributed by atoms with Crippen molar-refractivity contribution in [3.8, 4) is 11.5 Å². The number of amides is 1. The van der Waals surface area contributed by atoms with Gasteiger partial charge in [-0.3, -0.25) is 9.48 Å². The van der Waals surface area contributed by atoms with Crippen LogP contribution in [0.3, 0.4) is 0 Å². The van der Waals surface area contributed by atoms with Gasteiger partial charge in [0.05, 0.1) is 29.0 Å². The van der Waals surface area contributed by atoms with Crippen LogP contribution in [0.15, 0.2) is 53.3 Å². The third kappa shape index (κ3) is 5.64. The molecular formula is C27H29F2N5O3. The highest BCUT2D eigenvalue weighted by molar-refractivity contribution is 6.06. The van der Waals surface area contributed by atoms with E-state index in [9.17, 15) is 18.7 Å². The van der Waals surface area contributed by atoms with Crippen LogP contribution in [0.25, 0.3) is 22.4 Å². The molecule has 0 spiro atoms. The highest BCUT2D eigenvalue weighted by Crippen LogP contribution is 2.37. The Hall–Kier alpha value is -3.79. The van der Waals surface area contributed by atoms with Gasteiger partial charge in [0, 0.05) is 36.7 Å². The SMILES string of the molecule is Cc1cccc(-c2nc(C(=O)Nc3cc4cn(CCC(C)(C)O)nc4cc3N3CCC(F)(F)C3)co2)c1. The lowest BCUT2D eigenvalue weighted by Gasteiger charge is -2.22. The molecule has 2 aromatic carbocycles. The van der Waals surface area contributed by atoms with Crippen LogP contribution >= 0.6 is 0 Å². The molecule has 1 saturated heterocycles. The minimum atomic E-state index is -2.81. The third-order valence-electron chi connectivity index (χ3n) is 6.38. The molecule has 10 heteroatoms. The number of oxazole rings is 1. The number of aromatic nitrogens is 3. The minimum Gasteiger partial charge on any atom is -0.444 e. The molecular weight excluding hydrogens is 480 g/mol. The van der Waals surface area contributed by atoms with Crippen molar-refractivity contribution >= 4 is 28.2 Å². The first-order valence-electron chi connectivity index (χ1n) is 12.2. The number of hydrogen-bond acceptors (Lipinski definition) is 6. The maximum atomic E-state index is 14.1. The average molecular weight is 510 g/mol.